The SMILES string of the molecule is CCCNC(=O)CNC(=NC)NCC1(c2cccc(F)c2)CC1.I. The summed E-state index contributed by atoms with van der Waals surface area (Å²) in [6.45, 7) is 3.55. The first-order valence-electron chi connectivity index (χ1n) is 8.07. The average molecular weight is 448 g/mol. The number of rotatable bonds is 7. The van der Waals surface area contributed by atoms with Gasteiger partial charge in [-0.15, -0.1) is 24.0 Å². The highest BCUT2D eigenvalue weighted by atomic mass is 127. The number of guanidine groups is 1. The number of benzene rings is 1. The van der Waals surface area contributed by atoms with Crippen molar-refractivity contribution in [2.45, 2.75) is 31.6 Å². The van der Waals surface area contributed by atoms with Crippen molar-refractivity contribution in [2.24, 2.45) is 4.99 Å². The van der Waals surface area contributed by atoms with Crippen LogP contribution in [0.25, 0.3) is 0 Å². The standard InChI is InChI=1S/C17H25FN4O.HI/c1-3-9-20-15(23)11-21-16(19-2)22-12-17(7-8-17)13-5-4-6-14(18)10-13;/h4-6,10H,3,7-9,11-12H2,1-2H3,(H,20,23)(H2,19,21,22);1H. The summed E-state index contributed by atoms with van der Waals surface area (Å²) in [5.41, 5.74) is 0.991. The lowest BCUT2D eigenvalue weighted by Gasteiger charge is -2.19. The van der Waals surface area contributed by atoms with Crippen molar-refractivity contribution in [1.82, 2.24) is 16.0 Å². The number of aliphatic imine (C=N–C) groups is 1. The van der Waals surface area contributed by atoms with Gasteiger partial charge in [-0.3, -0.25) is 9.79 Å². The van der Waals surface area contributed by atoms with Crippen molar-refractivity contribution >= 4 is 35.8 Å². The Hall–Kier alpha value is -1.38. The normalized spacial score (nSPS) is 15.2. The van der Waals surface area contributed by atoms with Gasteiger partial charge in [0.2, 0.25) is 5.91 Å². The number of nitrogens with one attached hydrogen (secondary N) is 3. The molecule has 1 aliphatic carbocycles. The molecule has 134 valence electrons. The number of carbonyl (C=O) groups excluding carboxylic acids is 1. The summed E-state index contributed by atoms with van der Waals surface area (Å²) in [6, 6.07) is 6.77. The fourth-order valence-electron chi connectivity index (χ4n) is 2.50. The van der Waals surface area contributed by atoms with Crippen LogP contribution in [0.3, 0.4) is 0 Å². The van der Waals surface area contributed by atoms with Crippen LogP contribution in [0, 0.1) is 5.82 Å². The Morgan fingerprint density at radius 2 is 2.04 bits per heavy atom. The largest absolute Gasteiger partial charge is 0.356 e. The van der Waals surface area contributed by atoms with Gasteiger partial charge in [-0.2, -0.15) is 0 Å². The van der Waals surface area contributed by atoms with E-state index in [1.165, 1.54) is 6.07 Å². The number of hydrogen-bond donors (Lipinski definition) is 3. The molecule has 0 atom stereocenters. The van der Waals surface area contributed by atoms with Crippen molar-refractivity contribution in [1.29, 1.82) is 0 Å². The van der Waals surface area contributed by atoms with E-state index in [1.807, 2.05) is 13.0 Å². The zero-order valence-electron chi connectivity index (χ0n) is 14.2. The molecule has 0 aliphatic heterocycles. The molecule has 1 aromatic rings. The summed E-state index contributed by atoms with van der Waals surface area (Å²) in [4.78, 5) is 15.7. The Bertz CT molecular complexity index is 575. The molecule has 1 saturated carbocycles. The van der Waals surface area contributed by atoms with E-state index < -0.39 is 0 Å². The van der Waals surface area contributed by atoms with Gasteiger partial charge in [-0.05, 0) is 37.0 Å². The molecule has 5 nitrogen and oxygen atoms in total. The number of halogens is 2. The molecule has 0 saturated heterocycles. The van der Waals surface area contributed by atoms with Gasteiger partial charge in [0.1, 0.15) is 5.82 Å². The first kappa shape index (κ1) is 20.7. The van der Waals surface area contributed by atoms with Crippen LogP contribution in [0.2, 0.25) is 0 Å². The third-order valence-electron chi connectivity index (χ3n) is 4.10. The minimum Gasteiger partial charge on any atom is -0.356 e. The third-order valence-corrected chi connectivity index (χ3v) is 4.10. The van der Waals surface area contributed by atoms with Gasteiger partial charge in [0.05, 0.1) is 6.54 Å². The second kappa shape index (κ2) is 9.80. The first-order valence-corrected chi connectivity index (χ1v) is 8.07. The van der Waals surface area contributed by atoms with E-state index in [1.54, 1.807) is 19.2 Å². The van der Waals surface area contributed by atoms with Gasteiger partial charge in [0, 0.05) is 25.6 Å². The van der Waals surface area contributed by atoms with Crippen LogP contribution in [0.15, 0.2) is 29.3 Å². The van der Waals surface area contributed by atoms with Crippen LogP contribution in [0.5, 0.6) is 0 Å². The molecule has 0 bridgehead atoms. The zero-order chi connectivity index (χ0) is 16.7. The van der Waals surface area contributed by atoms with Gasteiger partial charge < -0.3 is 16.0 Å². The Kier molecular flexibility index (Phi) is 8.44. The van der Waals surface area contributed by atoms with E-state index >= 15 is 0 Å². The van der Waals surface area contributed by atoms with E-state index in [-0.39, 0.29) is 47.7 Å². The second-order valence-electron chi connectivity index (χ2n) is 5.92. The smallest absolute Gasteiger partial charge is 0.239 e. The molecule has 1 fully saturated rings. The minimum absolute atomic E-state index is 0. The summed E-state index contributed by atoms with van der Waals surface area (Å²) >= 11 is 0. The lowest BCUT2D eigenvalue weighted by molar-refractivity contribution is -0.120. The van der Waals surface area contributed by atoms with Crippen LogP contribution >= 0.6 is 24.0 Å². The predicted octanol–water partition coefficient (Wildman–Crippen LogP) is 2.17. The Morgan fingerprint density at radius 3 is 2.62 bits per heavy atom. The molecule has 1 aromatic carbocycles. The molecule has 2 rings (SSSR count). The lowest BCUT2D eigenvalue weighted by Crippen LogP contribution is -2.45. The molecular weight excluding hydrogens is 422 g/mol. The van der Waals surface area contributed by atoms with Crippen molar-refractivity contribution in [2.75, 3.05) is 26.7 Å². The molecule has 7 heteroatoms. The second-order valence-corrected chi connectivity index (χ2v) is 5.92. The van der Waals surface area contributed by atoms with Crippen LogP contribution < -0.4 is 16.0 Å². The maximum absolute atomic E-state index is 13.4. The van der Waals surface area contributed by atoms with Crippen molar-refractivity contribution in [3.8, 4) is 0 Å². The van der Waals surface area contributed by atoms with Crippen LogP contribution in [-0.4, -0.2) is 38.5 Å². The number of hydrogen-bond acceptors (Lipinski definition) is 2. The molecule has 0 aromatic heterocycles. The molecule has 0 unspecified atom stereocenters. The third kappa shape index (κ3) is 5.92. The molecule has 0 heterocycles. The predicted molar refractivity (Wildman–Crippen MR) is 105 cm³/mol. The van der Waals surface area contributed by atoms with Crippen molar-refractivity contribution in [3.63, 3.8) is 0 Å². The molecule has 1 amide bonds. The highest BCUT2D eigenvalue weighted by Gasteiger charge is 2.44. The van der Waals surface area contributed by atoms with Crippen LogP contribution in [0.1, 0.15) is 31.7 Å². The van der Waals surface area contributed by atoms with E-state index in [4.69, 9.17) is 0 Å². The van der Waals surface area contributed by atoms with E-state index in [9.17, 15) is 9.18 Å². The monoisotopic (exact) mass is 448 g/mol. The highest BCUT2D eigenvalue weighted by Crippen LogP contribution is 2.47. The van der Waals surface area contributed by atoms with Crippen molar-refractivity contribution < 1.29 is 9.18 Å². The van der Waals surface area contributed by atoms with E-state index in [0.29, 0.717) is 19.0 Å². The van der Waals surface area contributed by atoms with Gasteiger partial charge in [0.25, 0.3) is 0 Å². The Morgan fingerprint density at radius 1 is 1.29 bits per heavy atom. The molecule has 24 heavy (non-hydrogen) atoms. The summed E-state index contributed by atoms with van der Waals surface area (Å²) in [5, 5.41) is 9.03. The average Bonchev–Trinajstić information content (AvgIpc) is 3.34. The maximum atomic E-state index is 13.4. The van der Waals surface area contributed by atoms with E-state index in [0.717, 1.165) is 24.8 Å². The van der Waals surface area contributed by atoms with Gasteiger partial charge in [0.15, 0.2) is 5.96 Å². The summed E-state index contributed by atoms with van der Waals surface area (Å²) in [7, 11) is 1.67. The summed E-state index contributed by atoms with van der Waals surface area (Å²) in [5.74, 6) is 0.323. The zero-order valence-corrected chi connectivity index (χ0v) is 16.5. The Labute approximate surface area is 159 Å². The maximum Gasteiger partial charge on any atom is 0.239 e. The molecule has 0 spiro atoms. The summed E-state index contributed by atoms with van der Waals surface area (Å²) in [6.07, 6.45) is 2.96. The van der Waals surface area contributed by atoms with Gasteiger partial charge in [-0.1, -0.05) is 19.1 Å². The first-order chi connectivity index (χ1) is 11.1. The highest BCUT2D eigenvalue weighted by molar-refractivity contribution is 14.0. The summed E-state index contributed by atoms with van der Waals surface area (Å²) < 4.78 is 13.4. The molecule has 0 radical (unpaired) electrons. The fraction of sp³-hybridized carbons (Fsp3) is 0.529. The quantitative estimate of drug-likeness (QED) is 0.341. The van der Waals surface area contributed by atoms with E-state index in [2.05, 4.69) is 20.9 Å². The van der Waals surface area contributed by atoms with Crippen LogP contribution in [-0.2, 0) is 10.2 Å². The van der Waals surface area contributed by atoms with Gasteiger partial charge in [-0.25, -0.2) is 4.39 Å². The Balaban J connectivity index is 0.00000288. The number of nitrogens with zero attached hydrogens (tertiary/aromatic N) is 1. The van der Waals surface area contributed by atoms with Gasteiger partial charge >= 0.3 is 0 Å². The topological polar surface area (TPSA) is 65.5 Å². The fourth-order valence-corrected chi connectivity index (χ4v) is 2.50. The van der Waals surface area contributed by atoms with Crippen molar-refractivity contribution in [3.05, 3.63) is 35.6 Å². The minimum atomic E-state index is -0.205. The number of amides is 1. The lowest BCUT2D eigenvalue weighted by atomic mass is 9.96. The number of carbonyl (C=O) groups is 1. The molecule has 3 N–H and O–H groups in total. The molecule has 1 aliphatic rings. The molecular formula is C17H26FIN4O. The van der Waals surface area contributed by atoms with Crippen LogP contribution in [0.4, 0.5) is 4.39 Å².